The molecule has 0 aliphatic heterocycles. The van der Waals surface area contributed by atoms with Gasteiger partial charge in [-0.05, 0) is 38.3 Å². The van der Waals surface area contributed by atoms with Gasteiger partial charge in [0.1, 0.15) is 11.7 Å². The summed E-state index contributed by atoms with van der Waals surface area (Å²) in [7, 11) is 1.70. The van der Waals surface area contributed by atoms with Gasteiger partial charge < -0.3 is 14.6 Å². The van der Waals surface area contributed by atoms with E-state index in [1.54, 1.807) is 13.2 Å². The van der Waals surface area contributed by atoms with Gasteiger partial charge >= 0.3 is 5.97 Å². The minimum absolute atomic E-state index is 0.0221. The van der Waals surface area contributed by atoms with E-state index in [-0.39, 0.29) is 23.7 Å². The molecule has 1 heterocycles. The van der Waals surface area contributed by atoms with Crippen molar-refractivity contribution in [2.24, 2.45) is 0 Å². The van der Waals surface area contributed by atoms with Crippen LogP contribution in [-0.4, -0.2) is 35.4 Å². The lowest BCUT2D eigenvalue weighted by molar-refractivity contribution is 0.0189. The smallest absolute Gasteiger partial charge is 0.341 e. The molecule has 1 fully saturated rings. The number of hydrogen-bond acceptors (Lipinski definition) is 4. The van der Waals surface area contributed by atoms with Gasteiger partial charge in [0.05, 0.1) is 6.10 Å². The molecule has 0 bridgehead atoms. The highest BCUT2D eigenvalue weighted by Gasteiger charge is 2.25. The first-order valence-corrected chi connectivity index (χ1v) is 6.50. The van der Waals surface area contributed by atoms with Gasteiger partial charge in [-0.2, -0.15) is 0 Å². The number of pyridine rings is 1. The molecule has 0 saturated heterocycles. The number of hydrogen-bond donors (Lipinski definition) is 1. The second-order valence-electron chi connectivity index (χ2n) is 4.87. The number of carbonyl (C=O) groups is 1. The Labute approximate surface area is 112 Å². The maximum Gasteiger partial charge on any atom is 0.341 e. The molecule has 0 spiro atoms. The number of ether oxygens (including phenoxy) is 2. The zero-order chi connectivity index (χ0) is 13.8. The van der Waals surface area contributed by atoms with Gasteiger partial charge in [0.2, 0.25) is 5.88 Å². The van der Waals surface area contributed by atoms with E-state index in [0.29, 0.717) is 0 Å². The van der Waals surface area contributed by atoms with Crippen LogP contribution >= 0.6 is 0 Å². The van der Waals surface area contributed by atoms with E-state index in [9.17, 15) is 4.79 Å². The summed E-state index contributed by atoms with van der Waals surface area (Å²) in [6.45, 7) is 1.82. The third-order valence-electron chi connectivity index (χ3n) is 3.42. The predicted octanol–water partition coefficient (Wildman–Crippen LogP) is 2.42. The highest BCUT2D eigenvalue weighted by molar-refractivity contribution is 5.90. The van der Waals surface area contributed by atoms with Crippen molar-refractivity contribution in [2.45, 2.75) is 44.8 Å². The summed E-state index contributed by atoms with van der Waals surface area (Å²) in [5, 5.41) is 9.14. The van der Waals surface area contributed by atoms with Gasteiger partial charge in [-0.25, -0.2) is 9.78 Å². The van der Waals surface area contributed by atoms with Crippen molar-refractivity contribution in [1.29, 1.82) is 0 Å². The fourth-order valence-electron chi connectivity index (χ4n) is 2.37. The summed E-state index contributed by atoms with van der Waals surface area (Å²) in [6, 6.07) is 3.21. The Kier molecular flexibility index (Phi) is 4.37. The fraction of sp³-hybridized carbons (Fsp3) is 0.571. The van der Waals surface area contributed by atoms with E-state index in [1.165, 1.54) is 6.07 Å². The van der Waals surface area contributed by atoms with Crippen molar-refractivity contribution < 1.29 is 19.4 Å². The van der Waals surface area contributed by atoms with Crippen LogP contribution in [0.2, 0.25) is 0 Å². The Morgan fingerprint density at radius 3 is 2.79 bits per heavy atom. The second-order valence-corrected chi connectivity index (χ2v) is 4.87. The number of rotatable bonds is 4. The topological polar surface area (TPSA) is 68.7 Å². The molecule has 1 aliphatic carbocycles. The van der Waals surface area contributed by atoms with Gasteiger partial charge in [-0.1, -0.05) is 0 Å². The summed E-state index contributed by atoms with van der Waals surface area (Å²) in [4.78, 5) is 15.3. The molecule has 5 nitrogen and oxygen atoms in total. The van der Waals surface area contributed by atoms with Crippen LogP contribution in [0, 0.1) is 6.92 Å². The molecule has 1 saturated carbocycles. The van der Waals surface area contributed by atoms with Gasteiger partial charge in [0.25, 0.3) is 0 Å². The molecular weight excluding hydrogens is 246 g/mol. The normalized spacial score (nSPS) is 23.1. The molecule has 0 aromatic carbocycles. The Hall–Kier alpha value is -1.62. The Morgan fingerprint density at radius 2 is 2.11 bits per heavy atom. The molecule has 19 heavy (non-hydrogen) atoms. The summed E-state index contributed by atoms with van der Waals surface area (Å²) >= 11 is 0. The molecule has 2 rings (SSSR count). The van der Waals surface area contributed by atoms with Crippen molar-refractivity contribution >= 4 is 5.97 Å². The van der Waals surface area contributed by atoms with E-state index < -0.39 is 5.97 Å². The van der Waals surface area contributed by atoms with Crippen LogP contribution in [0.15, 0.2) is 12.1 Å². The molecule has 0 amide bonds. The number of carboxylic acids is 1. The number of aromatic nitrogens is 1. The average Bonchev–Trinajstić information content (AvgIpc) is 2.38. The second kappa shape index (κ2) is 6.02. The lowest BCUT2D eigenvalue weighted by Crippen LogP contribution is -2.30. The van der Waals surface area contributed by atoms with Crippen LogP contribution in [0.1, 0.15) is 41.7 Å². The predicted molar refractivity (Wildman–Crippen MR) is 69.6 cm³/mol. The minimum Gasteiger partial charge on any atom is -0.477 e. The van der Waals surface area contributed by atoms with Gasteiger partial charge in [0.15, 0.2) is 0 Å². The van der Waals surface area contributed by atoms with Gasteiger partial charge in [-0.15, -0.1) is 0 Å². The third-order valence-corrected chi connectivity index (χ3v) is 3.42. The molecular formula is C14H19NO4. The fourth-order valence-corrected chi connectivity index (χ4v) is 2.37. The van der Waals surface area contributed by atoms with Crippen LogP contribution in [0.5, 0.6) is 5.88 Å². The summed E-state index contributed by atoms with van der Waals surface area (Å²) in [6.07, 6.45) is 3.92. The van der Waals surface area contributed by atoms with E-state index in [2.05, 4.69) is 4.98 Å². The molecule has 1 N–H and O–H groups in total. The SMILES string of the molecule is COC1CCCC(Oc2nc(C)ccc2C(=O)O)C1. The molecule has 5 heteroatoms. The highest BCUT2D eigenvalue weighted by atomic mass is 16.5. The van der Waals surface area contributed by atoms with E-state index in [4.69, 9.17) is 14.6 Å². The molecule has 0 radical (unpaired) electrons. The van der Waals surface area contributed by atoms with E-state index in [0.717, 1.165) is 31.4 Å². The number of nitrogens with zero attached hydrogens (tertiary/aromatic N) is 1. The lowest BCUT2D eigenvalue weighted by atomic mass is 9.95. The Balaban J connectivity index is 2.13. The van der Waals surface area contributed by atoms with E-state index in [1.807, 2.05) is 6.92 Å². The molecule has 104 valence electrons. The first-order chi connectivity index (χ1) is 9.10. The Morgan fingerprint density at radius 1 is 1.37 bits per heavy atom. The number of carboxylic acid groups (broad SMARTS) is 1. The molecule has 1 aliphatic rings. The number of aromatic carboxylic acids is 1. The highest BCUT2D eigenvalue weighted by Crippen LogP contribution is 2.26. The zero-order valence-electron chi connectivity index (χ0n) is 11.3. The maximum absolute atomic E-state index is 11.2. The van der Waals surface area contributed by atoms with Crippen LogP contribution in [0.4, 0.5) is 0 Å². The first-order valence-electron chi connectivity index (χ1n) is 6.50. The monoisotopic (exact) mass is 265 g/mol. The molecule has 2 unspecified atom stereocenters. The zero-order valence-corrected chi connectivity index (χ0v) is 11.3. The summed E-state index contributed by atoms with van der Waals surface area (Å²) < 4.78 is 11.1. The van der Waals surface area contributed by atoms with Crippen molar-refractivity contribution in [3.05, 3.63) is 23.4 Å². The van der Waals surface area contributed by atoms with Crippen molar-refractivity contribution in [3.63, 3.8) is 0 Å². The first kappa shape index (κ1) is 13.8. The van der Waals surface area contributed by atoms with Crippen LogP contribution in [0.25, 0.3) is 0 Å². The lowest BCUT2D eigenvalue weighted by Gasteiger charge is -2.28. The van der Waals surface area contributed by atoms with Crippen molar-refractivity contribution in [1.82, 2.24) is 4.98 Å². The van der Waals surface area contributed by atoms with Crippen LogP contribution < -0.4 is 4.74 Å². The standard InChI is InChI=1S/C14H19NO4/c1-9-6-7-12(14(16)17)13(15-9)19-11-5-3-4-10(8-11)18-2/h6-7,10-11H,3-5,8H2,1-2H3,(H,16,17). The maximum atomic E-state index is 11.2. The van der Waals surface area contributed by atoms with Crippen molar-refractivity contribution in [2.75, 3.05) is 7.11 Å². The number of aryl methyl sites for hydroxylation is 1. The summed E-state index contributed by atoms with van der Waals surface area (Å²) in [5.41, 5.74) is 0.865. The third kappa shape index (κ3) is 3.44. The minimum atomic E-state index is -1.01. The van der Waals surface area contributed by atoms with Crippen molar-refractivity contribution in [3.8, 4) is 5.88 Å². The molecule has 1 aromatic rings. The number of methoxy groups -OCH3 is 1. The summed E-state index contributed by atoms with van der Waals surface area (Å²) in [5.74, 6) is -0.796. The van der Waals surface area contributed by atoms with Crippen LogP contribution in [-0.2, 0) is 4.74 Å². The van der Waals surface area contributed by atoms with Gasteiger partial charge in [0, 0.05) is 19.2 Å². The van der Waals surface area contributed by atoms with E-state index >= 15 is 0 Å². The largest absolute Gasteiger partial charge is 0.477 e. The molecule has 2 atom stereocenters. The molecule has 1 aromatic heterocycles. The average molecular weight is 265 g/mol. The van der Waals surface area contributed by atoms with Gasteiger partial charge in [-0.3, -0.25) is 0 Å². The van der Waals surface area contributed by atoms with Crippen LogP contribution in [0.3, 0.4) is 0 Å². The Bertz CT molecular complexity index is 461. The quantitative estimate of drug-likeness (QED) is 0.905.